The summed E-state index contributed by atoms with van der Waals surface area (Å²) in [6, 6.07) is 3.95. The molecule has 1 unspecified atom stereocenters. The van der Waals surface area contributed by atoms with Gasteiger partial charge in [-0.25, -0.2) is 4.79 Å². The van der Waals surface area contributed by atoms with E-state index in [1.807, 2.05) is 39.8 Å². The van der Waals surface area contributed by atoms with E-state index >= 15 is 0 Å². The minimum Gasteiger partial charge on any atom is -0.444 e. The maximum absolute atomic E-state index is 12.1. The van der Waals surface area contributed by atoms with Crippen LogP contribution in [0.3, 0.4) is 0 Å². The van der Waals surface area contributed by atoms with Crippen molar-refractivity contribution in [3.63, 3.8) is 0 Å². The largest absolute Gasteiger partial charge is 0.444 e. The molecule has 21 heavy (non-hydrogen) atoms. The summed E-state index contributed by atoms with van der Waals surface area (Å²) in [5, 5.41) is 9.51. The van der Waals surface area contributed by atoms with Crippen LogP contribution >= 0.6 is 11.8 Å². The summed E-state index contributed by atoms with van der Waals surface area (Å²) in [6.45, 7) is 9.07. The fourth-order valence-corrected chi connectivity index (χ4v) is 3.26. The third-order valence-electron chi connectivity index (χ3n) is 3.09. The third kappa shape index (κ3) is 5.19. The molecule has 0 saturated carbocycles. The number of hydrogen-bond donors (Lipinski definition) is 0. The Kier molecular flexibility index (Phi) is 5.08. The Morgan fingerprint density at radius 2 is 2.14 bits per heavy atom. The number of nitrogens with zero attached hydrogens (tertiary/aromatic N) is 3. The normalized spacial score (nSPS) is 19.4. The van der Waals surface area contributed by atoms with Crippen LogP contribution in [0.5, 0.6) is 0 Å². The monoisotopic (exact) mass is 309 g/mol. The van der Waals surface area contributed by atoms with Crippen LogP contribution < -0.4 is 0 Å². The SMILES string of the molecule is Cc1ccc(SC2CCCN(C(=O)OC(C)(C)C)C2)nn1. The van der Waals surface area contributed by atoms with E-state index in [1.165, 1.54) is 0 Å². The summed E-state index contributed by atoms with van der Waals surface area (Å²) in [4.78, 5) is 13.9. The standard InChI is InChI=1S/C15H23N3O2S/c1-11-7-8-13(17-16-11)21-12-6-5-9-18(10-12)14(19)20-15(2,3)4/h7-8,12H,5-6,9-10H2,1-4H3. The van der Waals surface area contributed by atoms with Crippen molar-refractivity contribution in [3.8, 4) is 0 Å². The van der Waals surface area contributed by atoms with Gasteiger partial charge in [0.25, 0.3) is 0 Å². The van der Waals surface area contributed by atoms with E-state index in [4.69, 9.17) is 4.74 Å². The molecule has 1 saturated heterocycles. The first-order chi connectivity index (χ1) is 9.83. The van der Waals surface area contributed by atoms with Gasteiger partial charge in [0.05, 0.1) is 5.69 Å². The lowest BCUT2D eigenvalue weighted by molar-refractivity contribution is 0.0220. The van der Waals surface area contributed by atoms with E-state index < -0.39 is 5.60 Å². The summed E-state index contributed by atoms with van der Waals surface area (Å²) in [5.41, 5.74) is 0.470. The van der Waals surface area contributed by atoms with Gasteiger partial charge in [-0.15, -0.1) is 5.10 Å². The summed E-state index contributed by atoms with van der Waals surface area (Å²) < 4.78 is 5.44. The lowest BCUT2D eigenvalue weighted by Gasteiger charge is -2.33. The molecule has 1 amide bonds. The van der Waals surface area contributed by atoms with Crippen molar-refractivity contribution in [3.05, 3.63) is 17.8 Å². The molecule has 5 nitrogen and oxygen atoms in total. The minimum absolute atomic E-state index is 0.220. The van der Waals surface area contributed by atoms with Crippen molar-refractivity contribution in [2.45, 2.75) is 56.4 Å². The molecule has 0 radical (unpaired) electrons. The molecule has 2 heterocycles. The van der Waals surface area contributed by atoms with Crippen molar-refractivity contribution in [2.24, 2.45) is 0 Å². The molecule has 1 fully saturated rings. The first kappa shape index (κ1) is 16.1. The molecule has 2 rings (SSSR count). The lowest BCUT2D eigenvalue weighted by atomic mass is 10.1. The molecule has 0 spiro atoms. The molecule has 1 aromatic rings. The van der Waals surface area contributed by atoms with Gasteiger partial charge < -0.3 is 9.64 Å². The zero-order chi connectivity index (χ0) is 15.5. The molecule has 0 aliphatic carbocycles. The van der Waals surface area contributed by atoms with Crippen LogP contribution in [0.25, 0.3) is 0 Å². The number of likely N-dealkylation sites (tertiary alicyclic amines) is 1. The summed E-state index contributed by atoms with van der Waals surface area (Å²) in [7, 11) is 0. The van der Waals surface area contributed by atoms with Crippen molar-refractivity contribution in [2.75, 3.05) is 13.1 Å². The number of carbonyl (C=O) groups is 1. The molecule has 0 aromatic carbocycles. The first-order valence-electron chi connectivity index (χ1n) is 7.28. The molecular weight excluding hydrogens is 286 g/mol. The van der Waals surface area contributed by atoms with E-state index in [2.05, 4.69) is 10.2 Å². The average molecular weight is 309 g/mol. The molecule has 0 N–H and O–H groups in total. The maximum Gasteiger partial charge on any atom is 0.410 e. The van der Waals surface area contributed by atoms with Gasteiger partial charge in [-0.3, -0.25) is 0 Å². The predicted octanol–water partition coefficient (Wildman–Crippen LogP) is 3.28. The number of thioether (sulfide) groups is 1. The van der Waals surface area contributed by atoms with Crippen LogP contribution in [0.1, 0.15) is 39.3 Å². The second kappa shape index (κ2) is 6.64. The molecule has 6 heteroatoms. The Morgan fingerprint density at radius 1 is 1.38 bits per heavy atom. The Balaban J connectivity index is 1.91. The number of carbonyl (C=O) groups excluding carboxylic acids is 1. The Labute approximate surface area is 130 Å². The van der Waals surface area contributed by atoms with E-state index in [9.17, 15) is 4.79 Å². The Morgan fingerprint density at radius 3 is 2.76 bits per heavy atom. The number of aromatic nitrogens is 2. The van der Waals surface area contributed by atoms with Crippen molar-refractivity contribution < 1.29 is 9.53 Å². The first-order valence-corrected chi connectivity index (χ1v) is 8.16. The number of ether oxygens (including phenoxy) is 1. The van der Waals surface area contributed by atoms with Crippen LogP contribution in [-0.2, 0) is 4.74 Å². The second-order valence-electron chi connectivity index (χ2n) is 6.32. The van der Waals surface area contributed by atoms with E-state index in [0.29, 0.717) is 11.8 Å². The number of amides is 1. The van der Waals surface area contributed by atoms with Crippen molar-refractivity contribution in [1.82, 2.24) is 15.1 Å². The summed E-state index contributed by atoms with van der Waals surface area (Å²) >= 11 is 1.69. The molecular formula is C15H23N3O2S. The van der Waals surface area contributed by atoms with Crippen LogP contribution in [0.2, 0.25) is 0 Å². The molecule has 1 aromatic heterocycles. The summed E-state index contributed by atoms with van der Waals surface area (Å²) in [6.07, 6.45) is 1.86. The Hall–Kier alpha value is -1.30. The van der Waals surface area contributed by atoms with E-state index in [0.717, 1.165) is 30.1 Å². The smallest absolute Gasteiger partial charge is 0.410 e. The molecule has 1 atom stereocenters. The van der Waals surface area contributed by atoms with Gasteiger partial charge in [-0.05, 0) is 52.7 Å². The van der Waals surface area contributed by atoms with Gasteiger partial charge in [0.1, 0.15) is 10.6 Å². The van der Waals surface area contributed by atoms with Gasteiger partial charge >= 0.3 is 6.09 Å². The Bertz CT molecular complexity index is 485. The van der Waals surface area contributed by atoms with Gasteiger partial charge in [0.15, 0.2) is 0 Å². The van der Waals surface area contributed by atoms with Crippen LogP contribution in [-0.4, -0.2) is 45.1 Å². The highest BCUT2D eigenvalue weighted by molar-refractivity contribution is 7.99. The zero-order valence-electron chi connectivity index (χ0n) is 13.1. The fourth-order valence-electron chi connectivity index (χ4n) is 2.15. The fraction of sp³-hybridized carbons (Fsp3) is 0.667. The number of rotatable bonds is 2. The molecule has 1 aliphatic rings. The maximum atomic E-state index is 12.1. The number of aryl methyl sites for hydroxylation is 1. The van der Waals surface area contributed by atoms with Crippen LogP contribution in [0.15, 0.2) is 17.2 Å². The quantitative estimate of drug-likeness (QED) is 0.839. The van der Waals surface area contributed by atoms with Gasteiger partial charge in [-0.1, -0.05) is 11.8 Å². The van der Waals surface area contributed by atoms with E-state index in [-0.39, 0.29) is 6.09 Å². The molecule has 0 bridgehead atoms. The van der Waals surface area contributed by atoms with Gasteiger partial charge in [0, 0.05) is 18.3 Å². The highest BCUT2D eigenvalue weighted by Crippen LogP contribution is 2.28. The number of piperidine rings is 1. The second-order valence-corrected chi connectivity index (χ2v) is 7.64. The van der Waals surface area contributed by atoms with E-state index in [1.54, 1.807) is 16.7 Å². The molecule has 1 aliphatic heterocycles. The predicted molar refractivity (Wildman–Crippen MR) is 83.5 cm³/mol. The van der Waals surface area contributed by atoms with Crippen molar-refractivity contribution >= 4 is 17.9 Å². The molecule has 116 valence electrons. The van der Waals surface area contributed by atoms with Gasteiger partial charge in [0.2, 0.25) is 0 Å². The topological polar surface area (TPSA) is 55.3 Å². The minimum atomic E-state index is -0.445. The zero-order valence-corrected chi connectivity index (χ0v) is 13.9. The highest BCUT2D eigenvalue weighted by Gasteiger charge is 2.28. The highest BCUT2D eigenvalue weighted by atomic mass is 32.2. The third-order valence-corrected chi connectivity index (χ3v) is 4.27. The summed E-state index contributed by atoms with van der Waals surface area (Å²) in [5.74, 6) is 0. The number of hydrogen-bond acceptors (Lipinski definition) is 5. The van der Waals surface area contributed by atoms with Crippen LogP contribution in [0.4, 0.5) is 4.79 Å². The lowest BCUT2D eigenvalue weighted by Crippen LogP contribution is -2.43. The van der Waals surface area contributed by atoms with Gasteiger partial charge in [-0.2, -0.15) is 5.10 Å². The van der Waals surface area contributed by atoms with Crippen LogP contribution in [0, 0.1) is 6.92 Å². The van der Waals surface area contributed by atoms with Crippen molar-refractivity contribution in [1.29, 1.82) is 0 Å². The average Bonchev–Trinajstić information content (AvgIpc) is 2.40.